The minimum Gasteiger partial charge on any atom is -0.497 e. The molecule has 0 saturated carbocycles. The van der Waals surface area contributed by atoms with E-state index in [9.17, 15) is 4.79 Å². The Kier molecular flexibility index (Phi) is 4.00. The molecule has 0 bridgehead atoms. The van der Waals surface area contributed by atoms with E-state index in [0.29, 0.717) is 11.3 Å². The van der Waals surface area contributed by atoms with Crippen molar-refractivity contribution in [3.8, 4) is 5.75 Å². The normalized spacial score (nSPS) is 11.9. The maximum absolute atomic E-state index is 12.2. The fourth-order valence-electron chi connectivity index (χ4n) is 1.70. The van der Waals surface area contributed by atoms with Crippen LogP contribution >= 0.6 is 11.6 Å². The summed E-state index contributed by atoms with van der Waals surface area (Å²) >= 11 is 6.22. The van der Waals surface area contributed by atoms with Crippen molar-refractivity contribution in [3.63, 3.8) is 0 Å². The molecule has 0 aliphatic rings. The zero-order chi connectivity index (χ0) is 13.0. The molecule has 0 radical (unpaired) electrons. The molecule has 0 saturated heterocycles. The first kappa shape index (κ1) is 12.7. The minimum atomic E-state index is -0.692. The summed E-state index contributed by atoms with van der Waals surface area (Å²) in [6.07, 6.45) is 0. The number of hydrogen-bond donors (Lipinski definition) is 0. The average molecular weight is 261 g/mol. The maximum Gasteiger partial charge on any atom is 0.185 e. The second-order valence-corrected chi connectivity index (χ2v) is 4.31. The monoisotopic (exact) mass is 260 g/mol. The lowest BCUT2D eigenvalue weighted by atomic mass is 10.0. The fourth-order valence-corrected chi connectivity index (χ4v) is 1.96. The van der Waals surface area contributed by atoms with Gasteiger partial charge in [0.1, 0.15) is 11.1 Å². The van der Waals surface area contributed by atoms with Crippen LogP contribution < -0.4 is 4.74 Å². The molecule has 1 atom stereocenters. The lowest BCUT2D eigenvalue weighted by molar-refractivity contribution is 0.0987. The summed E-state index contributed by atoms with van der Waals surface area (Å²) in [5.74, 6) is 0.588. The molecule has 0 amide bonds. The van der Waals surface area contributed by atoms with Crippen molar-refractivity contribution in [1.29, 1.82) is 0 Å². The number of carbonyl (C=O) groups is 1. The van der Waals surface area contributed by atoms with Crippen molar-refractivity contribution in [1.82, 2.24) is 0 Å². The topological polar surface area (TPSA) is 26.3 Å². The smallest absolute Gasteiger partial charge is 0.185 e. The van der Waals surface area contributed by atoms with E-state index in [4.69, 9.17) is 16.3 Å². The summed E-state index contributed by atoms with van der Waals surface area (Å²) in [5.41, 5.74) is 1.35. The Bertz CT molecular complexity index is 537. The zero-order valence-electron chi connectivity index (χ0n) is 9.97. The van der Waals surface area contributed by atoms with E-state index in [1.807, 2.05) is 36.4 Å². The Morgan fingerprint density at radius 3 is 2.50 bits per heavy atom. The zero-order valence-corrected chi connectivity index (χ0v) is 10.7. The Morgan fingerprint density at radius 1 is 1.11 bits per heavy atom. The summed E-state index contributed by atoms with van der Waals surface area (Å²) in [4.78, 5) is 12.2. The molecule has 2 rings (SSSR count). The third-order valence-corrected chi connectivity index (χ3v) is 3.13. The van der Waals surface area contributed by atoms with Gasteiger partial charge in [-0.3, -0.25) is 4.79 Å². The average Bonchev–Trinajstić information content (AvgIpc) is 2.46. The van der Waals surface area contributed by atoms with Gasteiger partial charge in [0.15, 0.2) is 5.78 Å². The molecule has 2 aromatic carbocycles. The third-order valence-electron chi connectivity index (χ3n) is 2.67. The molecule has 18 heavy (non-hydrogen) atoms. The van der Waals surface area contributed by atoms with Crippen LogP contribution in [0.25, 0.3) is 0 Å². The highest BCUT2D eigenvalue weighted by molar-refractivity contribution is 6.33. The molecule has 2 aromatic rings. The first-order chi connectivity index (χ1) is 8.72. The fraction of sp³-hybridized carbons (Fsp3) is 0.133. The van der Waals surface area contributed by atoms with Gasteiger partial charge in [-0.15, -0.1) is 11.6 Å². The van der Waals surface area contributed by atoms with Crippen LogP contribution in [-0.2, 0) is 0 Å². The summed E-state index contributed by atoms with van der Waals surface area (Å²) in [7, 11) is 1.58. The number of alkyl halides is 1. The first-order valence-corrected chi connectivity index (χ1v) is 6.03. The van der Waals surface area contributed by atoms with Crippen LogP contribution in [0.15, 0.2) is 54.6 Å². The van der Waals surface area contributed by atoms with E-state index in [-0.39, 0.29) is 5.78 Å². The standard InChI is InChI=1S/C15H13ClO2/c1-18-13-9-5-8-12(10-13)14(16)15(17)11-6-3-2-4-7-11/h2-10,14H,1H3. The molecule has 0 fully saturated rings. The number of halogens is 1. The quantitative estimate of drug-likeness (QED) is 0.616. The predicted octanol–water partition coefficient (Wildman–Crippen LogP) is 3.86. The Morgan fingerprint density at radius 2 is 1.83 bits per heavy atom. The number of benzene rings is 2. The largest absolute Gasteiger partial charge is 0.497 e. The molecule has 0 aromatic heterocycles. The lowest BCUT2D eigenvalue weighted by Crippen LogP contribution is -2.07. The van der Waals surface area contributed by atoms with Crippen molar-refractivity contribution in [2.24, 2.45) is 0 Å². The molecule has 3 heteroatoms. The molecule has 1 unspecified atom stereocenters. The highest BCUT2D eigenvalue weighted by atomic mass is 35.5. The van der Waals surface area contributed by atoms with E-state index >= 15 is 0 Å². The summed E-state index contributed by atoms with van der Waals surface area (Å²) in [6, 6.07) is 16.3. The van der Waals surface area contributed by atoms with Gasteiger partial charge in [-0.25, -0.2) is 0 Å². The molecule has 0 aliphatic heterocycles. The number of carbonyl (C=O) groups excluding carboxylic acids is 1. The molecule has 0 spiro atoms. The maximum atomic E-state index is 12.2. The molecule has 2 nitrogen and oxygen atoms in total. The Balaban J connectivity index is 2.25. The van der Waals surface area contributed by atoms with Crippen LogP contribution in [0.5, 0.6) is 5.75 Å². The van der Waals surface area contributed by atoms with Gasteiger partial charge >= 0.3 is 0 Å². The highest BCUT2D eigenvalue weighted by Crippen LogP contribution is 2.27. The van der Waals surface area contributed by atoms with E-state index in [0.717, 1.165) is 5.56 Å². The van der Waals surface area contributed by atoms with E-state index in [1.54, 1.807) is 25.3 Å². The highest BCUT2D eigenvalue weighted by Gasteiger charge is 2.19. The van der Waals surface area contributed by atoms with Crippen molar-refractivity contribution in [3.05, 3.63) is 65.7 Å². The van der Waals surface area contributed by atoms with Crippen molar-refractivity contribution in [2.75, 3.05) is 7.11 Å². The number of rotatable bonds is 4. The van der Waals surface area contributed by atoms with E-state index in [2.05, 4.69) is 0 Å². The van der Waals surface area contributed by atoms with Gasteiger partial charge in [0.05, 0.1) is 7.11 Å². The minimum absolute atomic E-state index is 0.106. The van der Waals surface area contributed by atoms with Crippen molar-refractivity contribution >= 4 is 17.4 Å². The SMILES string of the molecule is COc1cccc(C(Cl)C(=O)c2ccccc2)c1. The molecular formula is C15H13ClO2. The van der Waals surface area contributed by atoms with Gasteiger partial charge in [0, 0.05) is 5.56 Å². The van der Waals surface area contributed by atoms with Gasteiger partial charge in [-0.05, 0) is 17.7 Å². The summed E-state index contributed by atoms with van der Waals surface area (Å²) < 4.78 is 5.12. The van der Waals surface area contributed by atoms with Crippen LogP contribution in [-0.4, -0.2) is 12.9 Å². The molecule has 0 heterocycles. The van der Waals surface area contributed by atoms with Crippen molar-refractivity contribution < 1.29 is 9.53 Å². The molecular weight excluding hydrogens is 248 g/mol. The number of hydrogen-bond acceptors (Lipinski definition) is 2. The molecule has 0 N–H and O–H groups in total. The van der Waals surface area contributed by atoms with Gasteiger partial charge in [0.25, 0.3) is 0 Å². The van der Waals surface area contributed by atoms with Gasteiger partial charge in [-0.2, -0.15) is 0 Å². The van der Waals surface area contributed by atoms with Crippen LogP contribution in [0.2, 0.25) is 0 Å². The van der Waals surface area contributed by atoms with E-state index in [1.165, 1.54) is 0 Å². The third kappa shape index (κ3) is 2.71. The van der Waals surface area contributed by atoms with Gasteiger partial charge < -0.3 is 4.74 Å². The second-order valence-electron chi connectivity index (χ2n) is 3.87. The molecule has 92 valence electrons. The Hall–Kier alpha value is -1.80. The number of ketones is 1. The summed E-state index contributed by atoms with van der Waals surface area (Å²) in [6.45, 7) is 0. The van der Waals surface area contributed by atoms with E-state index < -0.39 is 5.38 Å². The molecule has 0 aliphatic carbocycles. The number of Topliss-reactive ketones (excluding diaryl/α,β-unsaturated/α-hetero) is 1. The number of ether oxygens (including phenoxy) is 1. The number of methoxy groups -OCH3 is 1. The predicted molar refractivity (Wildman–Crippen MR) is 72.4 cm³/mol. The lowest BCUT2D eigenvalue weighted by Gasteiger charge is -2.10. The van der Waals surface area contributed by atoms with Crippen LogP contribution in [0, 0.1) is 0 Å². The van der Waals surface area contributed by atoms with Crippen molar-refractivity contribution in [2.45, 2.75) is 5.38 Å². The first-order valence-electron chi connectivity index (χ1n) is 5.59. The van der Waals surface area contributed by atoms with Crippen LogP contribution in [0.1, 0.15) is 21.3 Å². The Labute approximate surface area is 111 Å². The van der Waals surface area contributed by atoms with Crippen LogP contribution in [0.3, 0.4) is 0 Å². The van der Waals surface area contributed by atoms with Gasteiger partial charge in [-0.1, -0.05) is 42.5 Å². The van der Waals surface area contributed by atoms with Gasteiger partial charge in [0.2, 0.25) is 0 Å². The van der Waals surface area contributed by atoms with Crippen LogP contribution in [0.4, 0.5) is 0 Å². The summed E-state index contributed by atoms with van der Waals surface area (Å²) in [5, 5.41) is -0.692. The second kappa shape index (κ2) is 5.69.